The molecule has 0 N–H and O–H groups in total. The van der Waals surface area contributed by atoms with Crippen molar-refractivity contribution >= 4 is 25.4 Å². The molecule has 0 unspecified atom stereocenters. The summed E-state index contributed by atoms with van der Waals surface area (Å²) in [5.74, 6) is 0.772. The first-order valence-corrected chi connectivity index (χ1v) is 11.8. The molecule has 0 saturated carbocycles. The highest BCUT2D eigenvalue weighted by Crippen LogP contribution is 2.29. The summed E-state index contributed by atoms with van der Waals surface area (Å²) >= 11 is 0. The molecule has 2 rings (SSSR count). The molecular formula is C18H23NO5S2. The molecule has 0 radical (unpaired) electrons. The molecule has 0 aliphatic carbocycles. The summed E-state index contributed by atoms with van der Waals surface area (Å²) in [5.41, 5.74) is 1.43. The van der Waals surface area contributed by atoms with Crippen molar-refractivity contribution in [2.45, 2.75) is 23.3 Å². The van der Waals surface area contributed by atoms with E-state index in [0.717, 1.165) is 23.8 Å². The Labute approximate surface area is 155 Å². The maximum absolute atomic E-state index is 12.2. The Morgan fingerprint density at radius 2 is 1.54 bits per heavy atom. The number of benzene rings is 2. The zero-order valence-corrected chi connectivity index (χ0v) is 16.9. The van der Waals surface area contributed by atoms with Gasteiger partial charge in [-0.2, -0.15) is 0 Å². The van der Waals surface area contributed by atoms with Crippen LogP contribution in [0.4, 0.5) is 5.69 Å². The highest BCUT2D eigenvalue weighted by Gasteiger charge is 2.20. The van der Waals surface area contributed by atoms with Crippen LogP contribution in [0.1, 0.15) is 12.5 Å². The molecule has 0 heterocycles. The van der Waals surface area contributed by atoms with Gasteiger partial charge in [0.1, 0.15) is 5.75 Å². The number of hydrogen-bond donors (Lipinski definition) is 0. The van der Waals surface area contributed by atoms with Crippen molar-refractivity contribution in [3.8, 4) is 5.75 Å². The Hall–Kier alpha value is -2.06. The van der Waals surface area contributed by atoms with Gasteiger partial charge in [0.2, 0.25) is 0 Å². The third kappa shape index (κ3) is 4.98. The number of hydrogen-bond acceptors (Lipinski definition) is 6. The van der Waals surface area contributed by atoms with Crippen LogP contribution in [0.15, 0.2) is 52.3 Å². The maximum Gasteiger partial charge on any atom is 0.177 e. The Bertz CT molecular complexity index is 981. The van der Waals surface area contributed by atoms with Gasteiger partial charge in [0.15, 0.2) is 19.7 Å². The Kier molecular flexibility index (Phi) is 5.98. The summed E-state index contributed by atoms with van der Waals surface area (Å²) in [5, 5.41) is 0. The van der Waals surface area contributed by atoms with Crippen molar-refractivity contribution in [2.75, 3.05) is 31.1 Å². The van der Waals surface area contributed by atoms with Gasteiger partial charge >= 0.3 is 0 Å². The second-order valence-corrected chi connectivity index (χ2v) is 10.1. The zero-order chi connectivity index (χ0) is 19.5. The fourth-order valence-electron chi connectivity index (χ4n) is 2.55. The van der Waals surface area contributed by atoms with Crippen LogP contribution in [0.2, 0.25) is 0 Å². The molecule has 2 aromatic carbocycles. The van der Waals surface area contributed by atoms with Gasteiger partial charge in [-0.05, 0) is 42.8 Å². The van der Waals surface area contributed by atoms with Crippen molar-refractivity contribution in [3.05, 3.63) is 48.0 Å². The van der Waals surface area contributed by atoms with E-state index in [9.17, 15) is 16.8 Å². The van der Waals surface area contributed by atoms with E-state index in [1.807, 2.05) is 31.2 Å². The average Bonchev–Trinajstić information content (AvgIpc) is 2.54. The standard InChI is InChI=1S/C18H23NO5S2/c1-5-24-15-8-6-14(7-9-15)13-19(2)17-11-10-16(25(3,20)21)12-18(17)26(4,22)23/h6-12H,5,13H2,1-4H3. The van der Waals surface area contributed by atoms with E-state index in [-0.39, 0.29) is 9.79 Å². The van der Waals surface area contributed by atoms with Gasteiger partial charge < -0.3 is 9.64 Å². The molecule has 0 spiro atoms. The van der Waals surface area contributed by atoms with E-state index in [0.29, 0.717) is 18.8 Å². The summed E-state index contributed by atoms with van der Waals surface area (Å²) in [4.78, 5) is 1.75. The van der Waals surface area contributed by atoms with Crippen molar-refractivity contribution in [2.24, 2.45) is 0 Å². The lowest BCUT2D eigenvalue weighted by molar-refractivity contribution is 0.340. The monoisotopic (exact) mass is 397 g/mol. The molecule has 0 atom stereocenters. The minimum Gasteiger partial charge on any atom is -0.494 e. The highest BCUT2D eigenvalue weighted by molar-refractivity contribution is 7.91. The highest BCUT2D eigenvalue weighted by atomic mass is 32.2. The van der Waals surface area contributed by atoms with E-state index >= 15 is 0 Å². The summed E-state index contributed by atoms with van der Waals surface area (Å²) in [6.45, 7) is 2.96. The van der Waals surface area contributed by atoms with Gasteiger partial charge in [-0.15, -0.1) is 0 Å². The molecule has 142 valence electrons. The second-order valence-electron chi connectivity index (χ2n) is 6.11. The molecule has 0 aliphatic heterocycles. The third-order valence-electron chi connectivity index (χ3n) is 3.82. The number of ether oxygens (including phenoxy) is 1. The molecule has 0 bridgehead atoms. The fraction of sp³-hybridized carbons (Fsp3) is 0.333. The van der Waals surface area contributed by atoms with Gasteiger partial charge in [0, 0.05) is 26.1 Å². The molecule has 6 nitrogen and oxygen atoms in total. The lowest BCUT2D eigenvalue weighted by Gasteiger charge is -2.22. The lowest BCUT2D eigenvalue weighted by Crippen LogP contribution is -2.19. The second kappa shape index (κ2) is 7.67. The lowest BCUT2D eigenvalue weighted by atomic mass is 10.2. The molecule has 8 heteroatoms. The van der Waals surface area contributed by atoms with Gasteiger partial charge in [-0.25, -0.2) is 16.8 Å². The molecule has 0 saturated heterocycles. The average molecular weight is 398 g/mol. The van der Waals surface area contributed by atoms with Crippen molar-refractivity contribution in [1.82, 2.24) is 0 Å². The van der Waals surface area contributed by atoms with Gasteiger partial charge in [0.05, 0.1) is 22.1 Å². The summed E-state index contributed by atoms with van der Waals surface area (Å²) in [6, 6.07) is 11.7. The maximum atomic E-state index is 12.2. The van der Waals surface area contributed by atoms with Crippen LogP contribution in [0.25, 0.3) is 0 Å². The quantitative estimate of drug-likeness (QED) is 0.714. The molecule has 0 aromatic heterocycles. The van der Waals surface area contributed by atoms with E-state index < -0.39 is 19.7 Å². The van der Waals surface area contributed by atoms with Crippen LogP contribution < -0.4 is 9.64 Å². The topological polar surface area (TPSA) is 80.8 Å². The van der Waals surface area contributed by atoms with Gasteiger partial charge in [-0.1, -0.05) is 12.1 Å². The predicted octanol–water partition coefficient (Wildman–Crippen LogP) is 2.53. The van der Waals surface area contributed by atoms with Crippen LogP contribution in [-0.2, 0) is 26.2 Å². The van der Waals surface area contributed by atoms with E-state index in [2.05, 4.69) is 0 Å². The summed E-state index contributed by atoms with van der Waals surface area (Å²) in [6.07, 6.45) is 2.13. The molecule has 2 aromatic rings. The Morgan fingerprint density at radius 1 is 0.923 bits per heavy atom. The first kappa shape index (κ1) is 20.3. The van der Waals surface area contributed by atoms with Crippen molar-refractivity contribution in [1.29, 1.82) is 0 Å². The Morgan fingerprint density at radius 3 is 2.04 bits per heavy atom. The molecular weight excluding hydrogens is 374 g/mol. The first-order valence-electron chi connectivity index (χ1n) is 7.99. The van der Waals surface area contributed by atoms with Crippen LogP contribution in [0, 0.1) is 0 Å². The largest absolute Gasteiger partial charge is 0.494 e. The number of anilines is 1. The van der Waals surface area contributed by atoms with Gasteiger partial charge in [-0.3, -0.25) is 0 Å². The van der Waals surface area contributed by atoms with Crippen LogP contribution in [0.5, 0.6) is 5.75 Å². The Balaban J connectivity index is 2.37. The van der Waals surface area contributed by atoms with Crippen molar-refractivity contribution < 1.29 is 21.6 Å². The van der Waals surface area contributed by atoms with E-state index in [1.165, 1.54) is 18.2 Å². The fourth-order valence-corrected chi connectivity index (χ4v) is 4.22. The summed E-state index contributed by atoms with van der Waals surface area (Å²) < 4.78 is 53.2. The number of nitrogens with zero attached hydrogens (tertiary/aromatic N) is 1. The molecule has 0 aliphatic rings. The van der Waals surface area contributed by atoms with E-state index in [1.54, 1.807) is 11.9 Å². The van der Waals surface area contributed by atoms with Crippen molar-refractivity contribution in [3.63, 3.8) is 0 Å². The van der Waals surface area contributed by atoms with E-state index in [4.69, 9.17) is 4.74 Å². The number of rotatable bonds is 7. The zero-order valence-electron chi connectivity index (χ0n) is 15.3. The molecule has 0 fully saturated rings. The summed E-state index contributed by atoms with van der Waals surface area (Å²) in [7, 11) is -5.32. The van der Waals surface area contributed by atoms with Crippen LogP contribution in [0.3, 0.4) is 0 Å². The predicted molar refractivity (Wildman–Crippen MR) is 102 cm³/mol. The van der Waals surface area contributed by atoms with Gasteiger partial charge in [0.25, 0.3) is 0 Å². The van der Waals surface area contributed by atoms with Crippen LogP contribution >= 0.6 is 0 Å². The smallest absolute Gasteiger partial charge is 0.177 e. The minimum absolute atomic E-state index is 0.00568. The third-order valence-corrected chi connectivity index (χ3v) is 6.06. The molecule has 26 heavy (non-hydrogen) atoms. The minimum atomic E-state index is -3.59. The molecule has 0 amide bonds. The first-order chi connectivity index (χ1) is 12.0. The number of sulfone groups is 2. The normalized spacial score (nSPS) is 12.0. The van der Waals surface area contributed by atoms with Crippen LogP contribution in [-0.4, -0.2) is 43.0 Å². The SMILES string of the molecule is CCOc1ccc(CN(C)c2ccc(S(C)(=O)=O)cc2S(C)(=O)=O)cc1.